The number of carbonyl (C=O) groups is 1. The van der Waals surface area contributed by atoms with Gasteiger partial charge in [-0.25, -0.2) is 9.97 Å². The summed E-state index contributed by atoms with van der Waals surface area (Å²) < 4.78 is 0. The minimum Gasteiger partial charge on any atom is -0.347 e. The zero-order valence-corrected chi connectivity index (χ0v) is 18.3. The lowest BCUT2D eigenvalue weighted by molar-refractivity contribution is 0.0704. The van der Waals surface area contributed by atoms with Crippen molar-refractivity contribution in [2.45, 2.75) is 38.0 Å². The fourth-order valence-electron chi connectivity index (χ4n) is 4.75. The van der Waals surface area contributed by atoms with Gasteiger partial charge in [0.2, 0.25) is 5.95 Å². The molecule has 2 aliphatic rings. The van der Waals surface area contributed by atoms with Crippen molar-refractivity contribution < 1.29 is 4.79 Å². The number of nitrogens with zero attached hydrogens (tertiary/aromatic N) is 4. The Labute approximate surface area is 184 Å². The third-order valence-electron chi connectivity index (χ3n) is 6.47. The third-order valence-corrected chi connectivity index (χ3v) is 6.47. The number of hydrogen-bond donors (Lipinski definition) is 2. The zero-order chi connectivity index (χ0) is 22.4. The Kier molecular flexibility index (Phi) is 5.03. The van der Waals surface area contributed by atoms with E-state index in [1.54, 1.807) is 15.9 Å². The van der Waals surface area contributed by atoms with Crippen LogP contribution in [0.2, 0.25) is 0 Å². The van der Waals surface area contributed by atoms with Gasteiger partial charge in [0.05, 0.1) is 10.9 Å². The van der Waals surface area contributed by atoms with Crippen LogP contribution in [0.15, 0.2) is 27.9 Å². The van der Waals surface area contributed by atoms with Crippen LogP contribution >= 0.6 is 0 Å². The predicted octanol–water partition coefficient (Wildman–Crippen LogP) is 1.58. The van der Waals surface area contributed by atoms with E-state index in [2.05, 4.69) is 19.9 Å². The fraction of sp³-hybridized carbons (Fsp3) is 0.435. The monoisotopic (exact) mass is 434 g/mol. The minimum absolute atomic E-state index is 0.0314. The molecule has 1 fully saturated rings. The first-order valence-electron chi connectivity index (χ1n) is 11.0. The van der Waals surface area contributed by atoms with Crippen molar-refractivity contribution in [2.24, 2.45) is 0 Å². The van der Waals surface area contributed by atoms with E-state index < -0.39 is 0 Å². The Morgan fingerprint density at radius 2 is 1.97 bits per heavy atom. The topological polar surface area (TPSA) is 115 Å². The lowest BCUT2D eigenvalue weighted by Crippen LogP contribution is -2.41. The van der Waals surface area contributed by atoms with E-state index in [-0.39, 0.29) is 28.5 Å². The molecule has 32 heavy (non-hydrogen) atoms. The van der Waals surface area contributed by atoms with Gasteiger partial charge in [-0.05, 0) is 49.8 Å². The molecule has 4 heterocycles. The van der Waals surface area contributed by atoms with Crippen LogP contribution in [0, 0.1) is 0 Å². The average Bonchev–Trinajstić information content (AvgIpc) is 3.25. The molecule has 1 saturated heterocycles. The highest BCUT2D eigenvalue weighted by molar-refractivity contribution is 5.94. The van der Waals surface area contributed by atoms with Gasteiger partial charge in [-0.15, -0.1) is 0 Å². The summed E-state index contributed by atoms with van der Waals surface area (Å²) in [6.45, 7) is 1.04. The van der Waals surface area contributed by atoms with Crippen LogP contribution in [0.4, 0.5) is 5.95 Å². The van der Waals surface area contributed by atoms with E-state index in [1.807, 2.05) is 20.2 Å². The number of pyridine rings is 2. The van der Waals surface area contributed by atoms with E-state index in [4.69, 9.17) is 0 Å². The molecule has 2 N–H and O–H groups in total. The highest BCUT2D eigenvalue weighted by Gasteiger charge is 2.29. The van der Waals surface area contributed by atoms with Crippen molar-refractivity contribution in [3.63, 3.8) is 0 Å². The maximum Gasteiger partial charge on any atom is 0.261 e. The van der Waals surface area contributed by atoms with Crippen LogP contribution in [-0.4, -0.2) is 57.9 Å². The number of amides is 1. The number of H-pyrrole nitrogens is 2. The highest BCUT2D eigenvalue weighted by atomic mass is 16.2. The predicted molar refractivity (Wildman–Crippen MR) is 121 cm³/mol. The summed E-state index contributed by atoms with van der Waals surface area (Å²) in [7, 11) is 3.70. The van der Waals surface area contributed by atoms with Crippen LogP contribution in [0.25, 0.3) is 10.9 Å². The molecule has 3 aromatic heterocycles. The summed E-state index contributed by atoms with van der Waals surface area (Å²) >= 11 is 0. The summed E-state index contributed by atoms with van der Waals surface area (Å²) in [4.78, 5) is 56.5. The van der Waals surface area contributed by atoms with Gasteiger partial charge in [-0.1, -0.05) is 0 Å². The summed E-state index contributed by atoms with van der Waals surface area (Å²) in [6, 6.07) is 3.65. The molecule has 1 aliphatic carbocycles. The molecule has 9 heteroatoms. The lowest BCUT2D eigenvalue weighted by atomic mass is 9.93. The normalized spacial score (nSPS) is 18.1. The van der Waals surface area contributed by atoms with Crippen LogP contribution in [-0.2, 0) is 12.8 Å². The highest BCUT2D eigenvalue weighted by Crippen LogP contribution is 2.28. The SMILES string of the molecule is CN(C)c1ncc2c(=O)[nH]c(C3CCCN(C(=O)c4cc5c([nH]c4=O)CCC5)C3)cc2n1. The van der Waals surface area contributed by atoms with Crippen molar-refractivity contribution in [3.8, 4) is 0 Å². The molecule has 9 nitrogen and oxygen atoms in total. The maximum atomic E-state index is 13.2. The number of aromatic nitrogens is 4. The van der Waals surface area contributed by atoms with Crippen LogP contribution < -0.4 is 16.0 Å². The average molecular weight is 435 g/mol. The van der Waals surface area contributed by atoms with E-state index in [9.17, 15) is 14.4 Å². The number of aryl methyl sites for hydroxylation is 2. The number of carbonyl (C=O) groups excluding carboxylic acids is 1. The number of anilines is 1. The Hall–Kier alpha value is -3.49. The number of hydrogen-bond acceptors (Lipinski definition) is 6. The maximum absolute atomic E-state index is 13.2. The summed E-state index contributed by atoms with van der Waals surface area (Å²) in [5.74, 6) is 0.257. The van der Waals surface area contributed by atoms with Crippen LogP contribution in [0.1, 0.15) is 52.5 Å². The first-order valence-corrected chi connectivity index (χ1v) is 11.0. The second-order valence-corrected chi connectivity index (χ2v) is 8.88. The fourth-order valence-corrected chi connectivity index (χ4v) is 4.75. The molecule has 3 aromatic rings. The van der Waals surface area contributed by atoms with Gasteiger partial charge < -0.3 is 19.8 Å². The first-order chi connectivity index (χ1) is 15.4. The molecule has 1 unspecified atom stereocenters. The molecular formula is C23H26N6O3. The first kappa shape index (κ1) is 20.4. The van der Waals surface area contributed by atoms with Gasteiger partial charge in [0.1, 0.15) is 5.56 Å². The molecule has 0 radical (unpaired) electrons. The zero-order valence-electron chi connectivity index (χ0n) is 18.3. The third kappa shape index (κ3) is 3.57. The molecule has 0 spiro atoms. The number of piperidine rings is 1. The smallest absolute Gasteiger partial charge is 0.261 e. The van der Waals surface area contributed by atoms with Crippen molar-refractivity contribution in [1.82, 2.24) is 24.8 Å². The van der Waals surface area contributed by atoms with E-state index in [1.165, 1.54) is 6.20 Å². The number of rotatable bonds is 3. The number of nitrogens with one attached hydrogen (secondary N) is 2. The Morgan fingerprint density at radius 1 is 1.12 bits per heavy atom. The van der Waals surface area contributed by atoms with E-state index in [0.717, 1.165) is 49.1 Å². The Bertz CT molecular complexity index is 1330. The van der Waals surface area contributed by atoms with E-state index >= 15 is 0 Å². The number of aromatic amines is 2. The van der Waals surface area contributed by atoms with Gasteiger partial charge in [-0.2, -0.15) is 0 Å². The molecule has 1 aliphatic heterocycles. The van der Waals surface area contributed by atoms with Gasteiger partial charge in [0.15, 0.2) is 0 Å². The second kappa shape index (κ2) is 7.89. The molecule has 0 aromatic carbocycles. The second-order valence-electron chi connectivity index (χ2n) is 8.88. The number of likely N-dealkylation sites (tertiary alicyclic amines) is 1. The molecule has 1 amide bonds. The molecular weight excluding hydrogens is 408 g/mol. The standard InChI is InChI=1S/C23H26N6O3/c1-28(2)23-24-11-16-19(27-23)10-18(26-21(16)31)14-6-4-8-29(12-14)22(32)15-9-13-5-3-7-17(13)25-20(15)30/h9-11,14H,3-8,12H2,1-2H3,(H,25,30)(H,26,31). The van der Waals surface area contributed by atoms with Gasteiger partial charge in [0.25, 0.3) is 17.0 Å². The molecule has 1 atom stereocenters. The lowest BCUT2D eigenvalue weighted by Gasteiger charge is -2.32. The number of fused-ring (bicyclic) bond motifs is 2. The molecule has 5 rings (SSSR count). The van der Waals surface area contributed by atoms with Crippen LogP contribution in [0.3, 0.4) is 0 Å². The van der Waals surface area contributed by atoms with Gasteiger partial charge in [0, 0.05) is 50.7 Å². The quantitative estimate of drug-likeness (QED) is 0.647. The van der Waals surface area contributed by atoms with Crippen molar-refractivity contribution in [2.75, 3.05) is 32.1 Å². The van der Waals surface area contributed by atoms with Crippen molar-refractivity contribution in [3.05, 3.63) is 61.6 Å². The Morgan fingerprint density at radius 3 is 2.78 bits per heavy atom. The van der Waals surface area contributed by atoms with Gasteiger partial charge >= 0.3 is 0 Å². The van der Waals surface area contributed by atoms with Crippen LogP contribution in [0.5, 0.6) is 0 Å². The molecule has 0 saturated carbocycles. The summed E-state index contributed by atoms with van der Waals surface area (Å²) in [5, 5.41) is 0.438. The van der Waals surface area contributed by atoms with Gasteiger partial charge in [-0.3, -0.25) is 14.4 Å². The minimum atomic E-state index is -0.315. The summed E-state index contributed by atoms with van der Waals surface area (Å²) in [6.07, 6.45) is 5.94. The molecule has 0 bridgehead atoms. The Balaban J connectivity index is 1.44. The van der Waals surface area contributed by atoms with Crippen molar-refractivity contribution in [1.29, 1.82) is 0 Å². The van der Waals surface area contributed by atoms with Crippen molar-refractivity contribution >= 4 is 22.8 Å². The summed E-state index contributed by atoms with van der Waals surface area (Å²) in [5.41, 5.74) is 3.02. The largest absolute Gasteiger partial charge is 0.347 e. The molecule has 166 valence electrons. The van der Waals surface area contributed by atoms with E-state index in [0.29, 0.717) is 29.9 Å².